The van der Waals surface area contributed by atoms with Gasteiger partial charge in [-0.2, -0.15) is 0 Å². The number of hydrogen-bond donors (Lipinski definition) is 2. The summed E-state index contributed by atoms with van der Waals surface area (Å²) in [5.41, 5.74) is 4.72. The zero-order valence-electron chi connectivity index (χ0n) is 25.1. The fraction of sp³-hybridized carbons (Fsp3) is 0.655. The smallest absolute Gasteiger partial charge is 0.480 e. The maximum Gasteiger partial charge on any atom is 0.513 e. The number of ether oxygens (including phenoxy) is 6. The average Bonchev–Trinajstić information content (AvgIpc) is 2.83. The molecule has 0 saturated heterocycles. The predicted molar refractivity (Wildman–Crippen MR) is 149 cm³/mol. The molecule has 0 bridgehead atoms. The lowest BCUT2D eigenvalue weighted by atomic mass is 9.86. The molecule has 0 saturated carbocycles. The van der Waals surface area contributed by atoms with E-state index in [-0.39, 0.29) is 50.1 Å². The Morgan fingerprint density at radius 2 is 1.32 bits per heavy atom. The number of aliphatic carboxylic acids is 1. The highest BCUT2D eigenvalue weighted by atomic mass is 16.7. The Hall–Kier alpha value is -3.54. The van der Waals surface area contributed by atoms with Crippen molar-refractivity contribution in [2.45, 2.75) is 85.8 Å². The highest BCUT2D eigenvalue weighted by molar-refractivity contribution is 5.79. The Morgan fingerprint density at radius 1 is 0.780 bits per heavy atom. The zero-order valence-corrected chi connectivity index (χ0v) is 25.1. The maximum atomic E-state index is 12.3. The lowest BCUT2D eigenvalue weighted by Gasteiger charge is -2.28. The molecule has 12 heteroatoms. The summed E-state index contributed by atoms with van der Waals surface area (Å²) in [5.74, 6) is -0.955. The molecule has 0 heterocycles. The number of nitrogens with two attached hydrogens (primary N) is 1. The third-order valence-corrected chi connectivity index (χ3v) is 5.65. The highest BCUT2D eigenvalue weighted by Gasteiger charge is 2.37. The molecule has 41 heavy (non-hydrogen) atoms. The third kappa shape index (κ3) is 14.6. The summed E-state index contributed by atoms with van der Waals surface area (Å²) in [7, 11) is 0. The molecular formula is C29H45NO11. The van der Waals surface area contributed by atoms with E-state index in [9.17, 15) is 24.3 Å². The van der Waals surface area contributed by atoms with Gasteiger partial charge in [-0.3, -0.25) is 4.79 Å². The van der Waals surface area contributed by atoms with Crippen LogP contribution >= 0.6 is 0 Å². The van der Waals surface area contributed by atoms with E-state index in [1.165, 1.54) is 25.1 Å². The van der Waals surface area contributed by atoms with Crippen LogP contribution in [0.25, 0.3) is 0 Å². The van der Waals surface area contributed by atoms with Crippen LogP contribution in [0.3, 0.4) is 0 Å². The molecule has 1 aromatic carbocycles. The molecule has 1 unspecified atom stereocenters. The number of carboxylic acid groups (broad SMARTS) is 1. The summed E-state index contributed by atoms with van der Waals surface area (Å²) in [6.45, 7) is 13.5. The second-order valence-corrected chi connectivity index (χ2v) is 11.3. The summed E-state index contributed by atoms with van der Waals surface area (Å²) < 4.78 is 30.9. The summed E-state index contributed by atoms with van der Waals surface area (Å²) in [5, 5.41) is 9.92. The van der Waals surface area contributed by atoms with Crippen LogP contribution < -0.4 is 15.2 Å². The second kappa shape index (κ2) is 17.3. The molecule has 1 rings (SSSR count). The molecule has 232 valence electrons. The summed E-state index contributed by atoms with van der Waals surface area (Å²) in [6, 6.07) is 4.13. The highest BCUT2D eigenvalue weighted by Crippen LogP contribution is 2.31. The van der Waals surface area contributed by atoms with Crippen LogP contribution in [0.4, 0.5) is 14.4 Å². The number of hydrogen-bond acceptors (Lipinski definition) is 11. The standard InChI is InChI=1S/C29H45NO11/c1-18(2)10-12-36-26(33)40-23-9-8-22(14-24(23)41-27(34)37-13-11-19(3)4)16-29(30,25(31)32)15-21(7)39-28(35)38-17-20(5)6/h8-9,14,18-21H,10-13,15-17,30H2,1-7H3,(H,31,32)/t21-,29?/m0/s1. The van der Waals surface area contributed by atoms with Gasteiger partial charge in [-0.25, -0.2) is 14.4 Å². The van der Waals surface area contributed by atoms with Crippen LogP contribution in [0.1, 0.15) is 73.3 Å². The first-order valence-corrected chi connectivity index (χ1v) is 13.8. The van der Waals surface area contributed by atoms with Gasteiger partial charge in [0.25, 0.3) is 0 Å². The van der Waals surface area contributed by atoms with E-state index < -0.39 is 36.1 Å². The van der Waals surface area contributed by atoms with Gasteiger partial charge in [0, 0.05) is 12.8 Å². The molecule has 3 N–H and O–H groups in total. The molecule has 0 aliphatic rings. The molecule has 0 radical (unpaired) electrons. The topological polar surface area (TPSA) is 170 Å². The molecule has 2 atom stereocenters. The van der Waals surface area contributed by atoms with Crippen molar-refractivity contribution in [2.75, 3.05) is 19.8 Å². The molecular weight excluding hydrogens is 538 g/mol. The lowest BCUT2D eigenvalue weighted by molar-refractivity contribution is -0.144. The van der Waals surface area contributed by atoms with Gasteiger partial charge in [0.1, 0.15) is 11.6 Å². The van der Waals surface area contributed by atoms with Gasteiger partial charge in [-0.15, -0.1) is 0 Å². The van der Waals surface area contributed by atoms with Crippen molar-refractivity contribution >= 4 is 24.4 Å². The number of benzene rings is 1. The van der Waals surface area contributed by atoms with Crippen molar-refractivity contribution in [1.29, 1.82) is 0 Å². The number of carbonyl (C=O) groups is 4. The predicted octanol–water partition coefficient (Wildman–Crippen LogP) is 5.72. The monoisotopic (exact) mass is 583 g/mol. The molecule has 12 nitrogen and oxygen atoms in total. The minimum Gasteiger partial charge on any atom is -0.480 e. The first-order chi connectivity index (χ1) is 19.1. The molecule has 0 spiro atoms. The Labute approximate surface area is 241 Å². The van der Waals surface area contributed by atoms with Crippen LogP contribution in [0, 0.1) is 17.8 Å². The van der Waals surface area contributed by atoms with Crippen molar-refractivity contribution < 1.29 is 52.7 Å². The summed E-state index contributed by atoms with van der Waals surface area (Å²) in [4.78, 5) is 48.6. The van der Waals surface area contributed by atoms with Crippen molar-refractivity contribution in [3.8, 4) is 11.5 Å². The Balaban J connectivity index is 3.10. The van der Waals surface area contributed by atoms with Gasteiger partial charge in [-0.1, -0.05) is 47.6 Å². The molecule has 0 aliphatic carbocycles. The van der Waals surface area contributed by atoms with Gasteiger partial charge in [0.2, 0.25) is 0 Å². The van der Waals surface area contributed by atoms with Gasteiger partial charge < -0.3 is 39.3 Å². The Kier molecular flexibility index (Phi) is 15.0. The van der Waals surface area contributed by atoms with Crippen LogP contribution in [-0.4, -0.2) is 61.0 Å². The molecule has 0 fully saturated rings. The van der Waals surface area contributed by atoms with Gasteiger partial charge in [-0.05, 0) is 55.2 Å². The Morgan fingerprint density at radius 3 is 1.80 bits per heavy atom. The van der Waals surface area contributed by atoms with Crippen LogP contribution in [0.5, 0.6) is 11.5 Å². The van der Waals surface area contributed by atoms with E-state index in [1.54, 1.807) is 0 Å². The van der Waals surface area contributed by atoms with Crippen molar-refractivity contribution in [1.82, 2.24) is 0 Å². The average molecular weight is 584 g/mol. The number of rotatable bonds is 16. The number of carbonyl (C=O) groups excluding carboxylic acids is 3. The van der Waals surface area contributed by atoms with E-state index in [0.717, 1.165) is 0 Å². The Bertz CT molecular complexity index is 1010. The quantitative estimate of drug-likeness (QED) is 0.138. The molecule has 0 aliphatic heterocycles. The van der Waals surface area contributed by atoms with Gasteiger partial charge >= 0.3 is 24.4 Å². The maximum absolute atomic E-state index is 12.3. The molecule has 1 aromatic rings. The second-order valence-electron chi connectivity index (χ2n) is 11.3. The van der Waals surface area contributed by atoms with E-state index in [2.05, 4.69) is 0 Å². The van der Waals surface area contributed by atoms with E-state index in [4.69, 9.17) is 34.2 Å². The van der Waals surface area contributed by atoms with Crippen LogP contribution in [0.2, 0.25) is 0 Å². The minimum atomic E-state index is -1.87. The van der Waals surface area contributed by atoms with E-state index in [1.807, 2.05) is 41.5 Å². The number of carboxylic acids is 1. The fourth-order valence-corrected chi connectivity index (χ4v) is 3.41. The van der Waals surface area contributed by atoms with Gasteiger partial charge in [0.05, 0.1) is 19.8 Å². The normalized spacial score (nSPS) is 13.3. The zero-order chi connectivity index (χ0) is 31.2. The summed E-state index contributed by atoms with van der Waals surface area (Å²) in [6.07, 6.45) is -3.07. The first kappa shape index (κ1) is 35.5. The van der Waals surface area contributed by atoms with Gasteiger partial charge in [0.15, 0.2) is 11.5 Å². The SMILES string of the molecule is CC(C)CCOC(=O)Oc1ccc(CC(N)(C[C@H](C)OC(=O)OCC(C)C)C(=O)O)cc1OC(=O)OCCC(C)C. The third-order valence-electron chi connectivity index (χ3n) is 5.65. The largest absolute Gasteiger partial charge is 0.513 e. The van der Waals surface area contributed by atoms with E-state index >= 15 is 0 Å². The van der Waals surface area contributed by atoms with Crippen LogP contribution in [-0.2, 0) is 30.2 Å². The molecule has 0 amide bonds. The first-order valence-electron chi connectivity index (χ1n) is 13.8. The summed E-state index contributed by atoms with van der Waals surface area (Å²) >= 11 is 0. The van der Waals surface area contributed by atoms with Crippen molar-refractivity contribution in [2.24, 2.45) is 23.5 Å². The van der Waals surface area contributed by atoms with Crippen LogP contribution in [0.15, 0.2) is 18.2 Å². The lowest BCUT2D eigenvalue weighted by Crippen LogP contribution is -2.52. The van der Waals surface area contributed by atoms with E-state index in [0.29, 0.717) is 30.2 Å². The molecule has 0 aromatic heterocycles. The van der Waals surface area contributed by atoms with Crippen molar-refractivity contribution in [3.63, 3.8) is 0 Å². The fourth-order valence-electron chi connectivity index (χ4n) is 3.41. The van der Waals surface area contributed by atoms with Crippen molar-refractivity contribution in [3.05, 3.63) is 23.8 Å². The minimum absolute atomic E-state index is 0.100.